The van der Waals surface area contributed by atoms with Crippen molar-refractivity contribution in [2.45, 2.75) is 26.4 Å². The summed E-state index contributed by atoms with van der Waals surface area (Å²) in [6, 6.07) is 24.4. The van der Waals surface area contributed by atoms with Gasteiger partial charge in [-0.1, -0.05) is 66.2 Å². The second kappa shape index (κ2) is 8.84. The molecule has 3 aromatic carbocycles. The van der Waals surface area contributed by atoms with Gasteiger partial charge in [-0.25, -0.2) is 5.43 Å². The average Bonchev–Trinajstić information content (AvgIpc) is 2.75. The van der Waals surface area contributed by atoms with E-state index in [1.165, 1.54) is 22.3 Å². The molecule has 4 nitrogen and oxygen atoms in total. The van der Waals surface area contributed by atoms with Gasteiger partial charge in [-0.05, 0) is 47.7 Å². The van der Waals surface area contributed by atoms with E-state index in [0.717, 1.165) is 31.6 Å². The molecular weight excluding hydrogens is 358 g/mol. The fraction of sp³-hybridized carbons (Fsp3) is 0.200. The van der Waals surface area contributed by atoms with E-state index in [2.05, 4.69) is 39.7 Å². The molecule has 0 aliphatic carbocycles. The van der Waals surface area contributed by atoms with Crippen LogP contribution in [0.25, 0.3) is 0 Å². The summed E-state index contributed by atoms with van der Waals surface area (Å²) in [5, 5.41) is 4.05. The van der Waals surface area contributed by atoms with Crippen LogP contribution in [0, 0.1) is 6.92 Å². The number of rotatable bonds is 5. The SMILES string of the molecule is Cc1ccc(/C=N\NC(=O)c2ccc(CN3CCc4ccccc4C3)cc2)cc1. The van der Waals surface area contributed by atoms with Gasteiger partial charge in [-0.15, -0.1) is 0 Å². The van der Waals surface area contributed by atoms with Crippen LogP contribution in [0.15, 0.2) is 77.9 Å². The van der Waals surface area contributed by atoms with E-state index in [1.807, 2.05) is 55.5 Å². The number of nitrogens with zero attached hydrogens (tertiary/aromatic N) is 2. The van der Waals surface area contributed by atoms with Crippen molar-refractivity contribution in [3.8, 4) is 0 Å². The van der Waals surface area contributed by atoms with Crippen molar-refractivity contribution in [2.24, 2.45) is 5.10 Å². The molecule has 4 heteroatoms. The molecule has 1 amide bonds. The van der Waals surface area contributed by atoms with E-state index < -0.39 is 0 Å². The molecule has 29 heavy (non-hydrogen) atoms. The lowest BCUT2D eigenvalue weighted by Crippen LogP contribution is -2.30. The summed E-state index contributed by atoms with van der Waals surface area (Å²) < 4.78 is 0. The number of aryl methyl sites for hydroxylation is 1. The van der Waals surface area contributed by atoms with Gasteiger partial charge in [0.25, 0.3) is 5.91 Å². The lowest BCUT2D eigenvalue weighted by atomic mass is 9.99. The number of nitrogens with one attached hydrogen (secondary N) is 1. The summed E-state index contributed by atoms with van der Waals surface area (Å²) in [5.74, 6) is -0.202. The number of hydrazone groups is 1. The van der Waals surface area contributed by atoms with Crippen LogP contribution in [0.5, 0.6) is 0 Å². The Morgan fingerprint density at radius 1 is 1.00 bits per heavy atom. The molecule has 0 aromatic heterocycles. The van der Waals surface area contributed by atoms with Crippen LogP contribution < -0.4 is 5.43 Å². The summed E-state index contributed by atoms with van der Waals surface area (Å²) in [5.41, 5.74) is 9.44. The van der Waals surface area contributed by atoms with Crippen molar-refractivity contribution >= 4 is 12.1 Å². The van der Waals surface area contributed by atoms with Crippen molar-refractivity contribution in [1.29, 1.82) is 0 Å². The van der Waals surface area contributed by atoms with Gasteiger partial charge in [0, 0.05) is 25.2 Å². The van der Waals surface area contributed by atoms with Crippen LogP contribution in [-0.2, 0) is 19.5 Å². The highest BCUT2D eigenvalue weighted by atomic mass is 16.2. The highest BCUT2D eigenvalue weighted by Gasteiger charge is 2.15. The van der Waals surface area contributed by atoms with Gasteiger partial charge in [-0.2, -0.15) is 5.10 Å². The number of carbonyl (C=O) groups is 1. The van der Waals surface area contributed by atoms with Crippen molar-refractivity contribution in [3.05, 3.63) is 106 Å². The van der Waals surface area contributed by atoms with Crippen LogP contribution in [0.1, 0.15) is 38.2 Å². The fourth-order valence-corrected chi connectivity index (χ4v) is 3.59. The third kappa shape index (κ3) is 4.98. The molecule has 1 N–H and O–H groups in total. The molecule has 3 aromatic rings. The monoisotopic (exact) mass is 383 g/mol. The summed E-state index contributed by atoms with van der Waals surface area (Å²) in [4.78, 5) is 14.7. The second-order valence-corrected chi connectivity index (χ2v) is 7.54. The third-order valence-electron chi connectivity index (χ3n) is 5.29. The van der Waals surface area contributed by atoms with Crippen molar-refractivity contribution in [2.75, 3.05) is 6.54 Å². The van der Waals surface area contributed by atoms with Crippen LogP contribution in [0.2, 0.25) is 0 Å². The van der Waals surface area contributed by atoms with Gasteiger partial charge in [0.15, 0.2) is 0 Å². The van der Waals surface area contributed by atoms with E-state index >= 15 is 0 Å². The molecule has 146 valence electrons. The molecule has 0 bridgehead atoms. The minimum Gasteiger partial charge on any atom is -0.294 e. The average molecular weight is 383 g/mol. The van der Waals surface area contributed by atoms with E-state index in [-0.39, 0.29) is 5.91 Å². The molecule has 4 rings (SSSR count). The Hall–Kier alpha value is -3.24. The Labute approximate surface area is 171 Å². The highest BCUT2D eigenvalue weighted by Crippen LogP contribution is 2.20. The highest BCUT2D eigenvalue weighted by molar-refractivity contribution is 5.94. The molecule has 1 aliphatic heterocycles. The minimum absolute atomic E-state index is 0.202. The van der Waals surface area contributed by atoms with Gasteiger partial charge in [0.05, 0.1) is 6.21 Å². The van der Waals surface area contributed by atoms with Crippen molar-refractivity contribution in [3.63, 3.8) is 0 Å². The molecule has 0 saturated heterocycles. The summed E-state index contributed by atoms with van der Waals surface area (Å²) >= 11 is 0. The first-order valence-corrected chi connectivity index (χ1v) is 9.95. The Balaban J connectivity index is 1.32. The van der Waals surface area contributed by atoms with Crippen LogP contribution in [0.3, 0.4) is 0 Å². The number of benzene rings is 3. The van der Waals surface area contributed by atoms with Gasteiger partial charge in [0.1, 0.15) is 0 Å². The predicted octanol–water partition coefficient (Wildman–Crippen LogP) is 4.32. The number of amides is 1. The maximum Gasteiger partial charge on any atom is 0.271 e. The Bertz CT molecular complexity index is 1010. The lowest BCUT2D eigenvalue weighted by Gasteiger charge is -2.28. The minimum atomic E-state index is -0.202. The molecular formula is C25H25N3O. The van der Waals surface area contributed by atoms with Crippen LogP contribution in [-0.4, -0.2) is 23.6 Å². The maximum absolute atomic E-state index is 12.3. The smallest absolute Gasteiger partial charge is 0.271 e. The molecule has 0 unspecified atom stereocenters. The lowest BCUT2D eigenvalue weighted by molar-refractivity contribution is 0.0955. The van der Waals surface area contributed by atoms with Crippen LogP contribution in [0.4, 0.5) is 0 Å². The molecule has 1 aliphatic rings. The molecule has 0 fully saturated rings. The van der Waals surface area contributed by atoms with E-state index in [4.69, 9.17) is 0 Å². The second-order valence-electron chi connectivity index (χ2n) is 7.54. The molecule has 0 atom stereocenters. The zero-order valence-corrected chi connectivity index (χ0v) is 16.6. The molecule has 0 saturated carbocycles. The molecule has 1 heterocycles. The molecule has 0 radical (unpaired) electrons. The predicted molar refractivity (Wildman–Crippen MR) is 117 cm³/mol. The first-order valence-electron chi connectivity index (χ1n) is 9.95. The zero-order valence-electron chi connectivity index (χ0n) is 16.6. The zero-order chi connectivity index (χ0) is 20.1. The fourth-order valence-electron chi connectivity index (χ4n) is 3.59. The van der Waals surface area contributed by atoms with Gasteiger partial charge in [-0.3, -0.25) is 9.69 Å². The standard InChI is InChI=1S/C25H25N3O/c1-19-6-8-20(9-7-19)16-26-27-25(29)23-12-10-21(11-13-23)17-28-15-14-22-4-2-3-5-24(22)18-28/h2-13,16H,14-15,17-18H2,1H3,(H,27,29)/b26-16-. The number of hydrogen-bond acceptors (Lipinski definition) is 3. The summed E-state index contributed by atoms with van der Waals surface area (Å²) in [6.45, 7) is 4.97. The van der Waals surface area contributed by atoms with E-state index in [1.54, 1.807) is 6.21 Å². The topological polar surface area (TPSA) is 44.7 Å². The number of carbonyl (C=O) groups excluding carboxylic acids is 1. The summed E-state index contributed by atoms with van der Waals surface area (Å²) in [7, 11) is 0. The first kappa shape index (κ1) is 19.1. The van der Waals surface area contributed by atoms with Crippen molar-refractivity contribution in [1.82, 2.24) is 10.3 Å². The normalized spacial score (nSPS) is 14.0. The summed E-state index contributed by atoms with van der Waals surface area (Å²) in [6.07, 6.45) is 2.75. The van der Waals surface area contributed by atoms with Crippen molar-refractivity contribution < 1.29 is 4.79 Å². The van der Waals surface area contributed by atoms with Gasteiger partial charge >= 0.3 is 0 Å². The van der Waals surface area contributed by atoms with Gasteiger partial charge in [0.2, 0.25) is 0 Å². The van der Waals surface area contributed by atoms with E-state index in [9.17, 15) is 4.79 Å². The number of fused-ring (bicyclic) bond motifs is 1. The maximum atomic E-state index is 12.3. The quantitative estimate of drug-likeness (QED) is 0.527. The Kier molecular flexibility index (Phi) is 5.82. The van der Waals surface area contributed by atoms with Gasteiger partial charge < -0.3 is 0 Å². The van der Waals surface area contributed by atoms with Crippen LogP contribution >= 0.6 is 0 Å². The largest absolute Gasteiger partial charge is 0.294 e. The first-order chi connectivity index (χ1) is 14.2. The Morgan fingerprint density at radius 3 is 2.48 bits per heavy atom. The van der Waals surface area contributed by atoms with E-state index in [0.29, 0.717) is 5.56 Å². The third-order valence-corrected chi connectivity index (χ3v) is 5.29. The Morgan fingerprint density at radius 2 is 1.72 bits per heavy atom. The number of hydrogen-bond donors (Lipinski definition) is 1. The molecule has 0 spiro atoms.